The summed E-state index contributed by atoms with van der Waals surface area (Å²) in [5.41, 5.74) is 1.99. The Morgan fingerprint density at radius 3 is 2.46 bits per heavy atom. The second kappa shape index (κ2) is 7.46. The summed E-state index contributed by atoms with van der Waals surface area (Å²) in [6, 6.07) is 21.2. The van der Waals surface area contributed by atoms with Crippen LogP contribution in [-0.2, 0) is 11.3 Å². The Hall–Kier alpha value is -3.08. The van der Waals surface area contributed by atoms with Crippen LogP contribution in [0.1, 0.15) is 12.5 Å². The highest BCUT2D eigenvalue weighted by atomic mass is 16.5. The van der Waals surface area contributed by atoms with Gasteiger partial charge < -0.3 is 10.1 Å². The molecule has 0 aliphatic rings. The van der Waals surface area contributed by atoms with Crippen molar-refractivity contribution in [2.75, 3.05) is 0 Å². The SMILES string of the molecule is C[C@H](Oc1ccn(-c2ccccc2)n1)C(=O)NCc1ccccc1. The lowest BCUT2D eigenvalue weighted by Gasteiger charge is -2.13. The number of ether oxygens (including phenoxy) is 1. The summed E-state index contributed by atoms with van der Waals surface area (Å²) in [5, 5.41) is 7.19. The Kier molecular flexibility index (Phi) is 4.91. The summed E-state index contributed by atoms with van der Waals surface area (Å²) < 4.78 is 7.33. The third-order valence-corrected chi connectivity index (χ3v) is 3.56. The van der Waals surface area contributed by atoms with Gasteiger partial charge in [0.25, 0.3) is 5.91 Å². The van der Waals surface area contributed by atoms with Gasteiger partial charge in [-0.25, -0.2) is 4.68 Å². The monoisotopic (exact) mass is 321 g/mol. The van der Waals surface area contributed by atoms with Gasteiger partial charge in [-0.05, 0) is 24.6 Å². The standard InChI is InChI=1S/C19H19N3O2/c1-15(19(23)20-14-16-8-4-2-5-9-16)24-18-12-13-22(21-18)17-10-6-3-7-11-17/h2-13,15H,14H2,1H3,(H,20,23)/t15-/m0/s1. The van der Waals surface area contributed by atoms with Crippen LogP contribution in [0.3, 0.4) is 0 Å². The molecule has 5 heteroatoms. The van der Waals surface area contributed by atoms with Crippen LogP contribution < -0.4 is 10.1 Å². The van der Waals surface area contributed by atoms with Gasteiger partial charge in [-0.15, -0.1) is 5.10 Å². The molecule has 1 heterocycles. The van der Waals surface area contributed by atoms with E-state index in [4.69, 9.17) is 4.74 Å². The second-order valence-corrected chi connectivity index (χ2v) is 5.40. The normalized spacial score (nSPS) is 11.7. The quantitative estimate of drug-likeness (QED) is 0.759. The van der Waals surface area contributed by atoms with Crippen molar-refractivity contribution in [2.24, 2.45) is 0 Å². The molecule has 3 aromatic rings. The van der Waals surface area contributed by atoms with Gasteiger partial charge in [0, 0.05) is 18.8 Å². The molecule has 0 aliphatic carbocycles. The number of hydrogen-bond acceptors (Lipinski definition) is 3. The summed E-state index contributed by atoms with van der Waals surface area (Å²) >= 11 is 0. The Morgan fingerprint density at radius 2 is 1.75 bits per heavy atom. The molecular formula is C19H19N3O2. The van der Waals surface area contributed by atoms with Gasteiger partial charge in [0.05, 0.1) is 5.69 Å². The summed E-state index contributed by atoms with van der Waals surface area (Å²) in [6.07, 6.45) is 1.19. The van der Waals surface area contributed by atoms with Crippen LogP contribution in [0.25, 0.3) is 5.69 Å². The molecule has 1 aromatic heterocycles. The Bertz CT molecular complexity index is 785. The number of carbonyl (C=O) groups is 1. The Balaban J connectivity index is 1.55. The third kappa shape index (κ3) is 4.01. The van der Waals surface area contributed by atoms with E-state index in [0.29, 0.717) is 12.4 Å². The van der Waals surface area contributed by atoms with E-state index in [9.17, 15) is 4.79 Å². The predicted molar refractivity (Wildman–Crippen MR) is 91.9 cm³/mol. The van der Waals surface area contributed by atoms with E-state index in [1.807, 2.05) is 60.7 Å². The molecule has 0 spiro atoms. The van der Waals surface area contributed by atoms with Crippen LogP contribution in [0.2, 0.25) is 0 Å². The number of amides is 1. The third-order valence-electron chi connectivity index (χ3n) is 3.56. The van der Waals surface area contributed by atoms with Gasteiger partial charge in [-0.2, -0.15) is 0 Å². The van der Waals surface area contributed by atoms with E-state index in [-0.39, 0.29) is 5.91 Å². The van der Waals surface area contributed by atoms with Crippen molar-refractivity contribution in [1.82, 2.24) is 15.1 Å². The first-order chi connectivity index (χ1) is 11.7. The van der Waals surface area contributed by atoms with Gasteiger partial charge in [0.15, 0.2) is 6.10 Å². The minimum Gasteiger partial charge on any atom is -0.463 e. The lowest BCUT2D eigenvalue weighted by Crippen LogP contribution is -2.36. The van der Waals surface area contributed by atoms with E-state index in [2.05, 4.69) is 10.4 Å². The Morgan fingerprint density at radius 1 is 1.08 bits per heavy atom. The van der Waals surface area contributed by atoms with Crippen LogP contribution in [0.5, 0.6) is 5.88 Å². The minimum atomic E-state index is -0.618. The van der Waals surface area contributed by atoms with Gasteiger partial charge in [0.1, 0.15) is 0 Å². The largest absolute Gasteiger partial charge is 0.463 e. The number of rotatable bonds is 6. The number of nitrogens with zero attached hydrogens (tertiary/aromatic N) is 2. The van der Waals surface area contributed by atoms with Crippen LogP contribution in [0.4, 0.5) is 0 Å². The minimum absolute atomic E-state index is 0.173. The van der Waals surface area contributed by atoms with E-state index in [0.717, 1.165) is 11.3 Å². The average Bonchev–Trinajstić information content (AvgIpc) is 3.10. The molecule has 0 fully saturated rings. The van der Waals surface area contributed by atoms with Gasteiger partial charge in [-0.1, -0.05) is 48.5 Å². The predicted octanol–water partition coefficient (Wildman–Crippen LogP) is 2.96. The van der Waals surface area contributed by atoms with E-state index >= 15 is 0 Å². The van der Waals surface area contributed by atoms with E-state index < -0.39 is 6.10 Å². The zero-order chi connectivity index (χ0) is 16.8. The summed E-state index contributed by atoms with van der Waals surface area (Å²) in [7, 11) is 0. The molecule has 24 heavy (non-hydrogen) atoms. The molecule has 1 N–H and O–H groups in total. The maximum absolute atomic E-state index is 12.1. The van der Waals surface area contributed by atoms with E-state index in [1.54, 1.807) is 23.9 Å². The second-order valence-electron chi connectivity index (χ2n) is 5.40. The Labute approximate surface area is 140 Å². The van der Waals surface area contributed by atoms with Crippen molar-refractivity contribution in [3.8, 4) is 11.6 Å². The number of benzene rings is 2. The number of hydrogen-bond donors (Lipinski definition) is 1. The highest BCUT2D eigenvalue weighted by Gasteiger charge is 2.15. The number of carbonyl (C=O) groups excluding carboxylic acids is 1. The lowest BCUT2D eigenvalue weighted by atomic mass is 10.2. The fourth-order valence-electron chi connectivity index (χ4n) is 2.26. The summed E-state index contributed by atoms with van der Waals surface area (Å²) in [6.45, 7) is 2.19. The molecule has 0 bridgehead atoms. The molecule has 0 saturated heterocycles. The van der Waals surface area contributed by atoms with Crippen LogP contribution in [0.15, 0.2) is 72.9 Å². The van der Waals surface area contributed by atoms with Crippen molar-refractivity contribution in [3.05, 3.63) is 78.5 Å². The molecule has 0 radical (unpaired) electrons. The molecule has 3 rings (SSSR count). The molecule has 0 aliphatic heterocycles. The van der Waals surface area contributed by atoms with Gasteiger partial charge >= 0.3 is 0 Å². The van der Waals surface area contributed by atoms with Crippen molar-refractivity contribution in [3.63, 3.8) is 0 Å². The zero-order valence-electron chi connectivity index (χ0n) is 13.4. The maximum atomic E-state index is 12.1. The number of para-hydroxylation sites is 1. The molecule has 1 amide bonds. The van der Waals surface area contributed by atoms with Gasteiger partial charge in [-0.3, -0.25) is 4.79 Å². The van der Waals surface area contributed by atoms with Crippen molar-refractivity contribution in [2.45, 2.75) is 19.6 Å². The zero-order valence-corrected chi connectivity index (χ0v) is 13.4. The topological polar surface area (TPSA) is 56.2 Å². The lowest BCUT2D eigenvalue weighted by molar-refractivity contribution is -0.127. The molecule has 0 unspecified atom stereocenters. The average molecular weight is 321 g/mol. The fourth-order valence-corrected chi connectivity index (χ4v) is 2.26. The van der Waals surface area contributed by atoms with Gasteiger partial charge in [0.2, 0.25) is 5.88 Å². The number of aromatic nitrogens is 2. The molecular weight excluding hydrogens is 302 g/mol. The summed E-state index contributed by atoms with van der Waals surface area (Å²) in [4.78, 5) is 12.1. The van der Waals surface area contributed by atoms with Crippen molar-refractivity contribution < 1.29 is 9.53 Å². The van der Waals surface area contributed by atoms with Crippen LogP contribution in [0, 0.1) is 0 Å². The smallest absolute Gasteiger partial charge is 0.261 e. The molecule has 0 saturated carbocycles. The number of nitrogens with one attached hydrogen (secondary N) is 1. The summed E-state index contributed by atoms with van der Waals surface area (Å²) in [5.74, 6) is 0.245. The van der Waals surface area contributed by atoms with Crippen molar-refractivity contribution in [1.29, 1.82) is 0 Å². The van der Waals surface area contributed by atoms with Crippen LogP contribution in [-0.4, -0.2) is 21.8 Å². The highest BCUT2D eigenvalue weighted by Crippen LogP contribution is 2.13. The maximum Gasteiger partial charge on any atom is 0.261 e. The first kappa shape index (κ1) is 15.8. The molecule has 5 nitrogen and oxygen atoms in total. The first-order valence-corrected chi connectivity index (χ1v) is 7.82. The fraction of sp³-hybridized carbons (Fsp3) is 0.158. The van der Waals surface area contributed by atoms with E-state index in [1.165, 1.54) is 0 Å². The first-order valence-electron chi connectivity index (χ1n) is 7.82. The van der Waals surface area contributed by atoms with Crippen molar-refractivity contribution >= 4 is 5.91 Å². The molecule has 1 atom stereocenters. The molecule has 122 valence electrons. The van der Waals surface area contributed by atoms with Crippen LogP contribution >= 0.6 is 0 Å². The molecule has 2 aromatic carbocycles. The highest BCUT2D eigenvalue weighted by molar-refractivity contribution is 5.80.